The quantitative estimate of drug-likeness (QED) is 0.826. The molecule has 9 heteroatoms. The van der Waals surface area contributed by atoms with Crippen LogP contribution in [0.5, 0.6) is 0 Å². The molecule has 0 bridgehead atoms. The van der Waals surface area contributed by atoms with Crippen molar-refractivity contribution in [2.24, 2.45) is 0 Å². The summed E-state index contributed by atoms with van der Waals surface area (Å²) < 4.78 is 27.1. The second kappa shape index (κ2) is 5.62. The Kier molecular flexibility index (Phi) is 4.29. The van der Waals surface area contributed by atoms with E-state index in [-0.39, 0.29) is 10.2 Å². The Morgan fingerprint density at radius 1 is 1.16 bits per heavy atom. The third-order valence-electron chi connectivity index (χ3n) is 2.08. The number of hydrogen-bond donors (Lipinski definition) is 1. The van der Waals surface area contributed by atoms with Crippen molar-refractivity contribution in [1.82, 2.24) is 9.97 Å². The maximum Gasteiger partial charge on any atom is 0.264 e. The number of nitrogens with one attached hydrogen (secondary N) is 1. The van der Waals surface area contributed by atoms with Gasteiger partial charge in [-0.15, -0.1) is 0 Å². The van der Waals surface area contributed by atoms with E-state index < -0.39 is 10.0 Å². The van der Waals surface area contributed by atoms with Crippen LogP contribution in [0.1, 0.15) is 0 Å². The molecule has 5 nitrogen and oxygen atoms in total. The van der Waals surface area contributed by atoms with Crippen molar-refractivity contribution in [3.63, 3.8) is 0 Å². The number of sulfonamides is 1. The highest BCUT2D eigenvalue weighted by atomic mass is 79.9. The number of halogens is 3. The summed E-state index contributed by atoms with van der Waals surface area (Å²) in [6.07, 6.45) is 2.25. The molecule has 100 valence electrons. The lowest BCUT2D eigenvalue weighted by atomic mass is 10.3. The van der Waals surface area contributed by atoms with E-state index in [1.54, 1.807) is 12.1 Å². The smallest absolute Gasteiger partial charge is 0.264 e. The first-order valence-electron chi connectivity index (χ1n) is 4.84. The van der Waals surface area contributed by atoms with Gasteiger partial charge in [-0.1, -0.05) is 11.6 Å². The summed E-state index contributed by atoms with van der Waals surface area (Å²) >= 11 is 14.6. The number of hydrogen-bond acceptors (Lipinski definition) is 4. The van der Waals surface area contributed by atoms with Gasteiger partial charge in [0.25, 0.3) is 10.0 Å². The van der Waals surface area contributed by atoms with Crippen molar-refractivity contribution in [3.8, 4) is 0 Å². The van der Waals surface area contributed by atoms with Gasteiger partial charge in [-0.3, -0.25) is 4.72 Å². The molecule has 0 radical (unpaired) electrons. The summed E-state index contributed by atoms with van der Waals surface area (Å²) in [6, 6.07) is 4.70. The monoisotopic (exact) mass is 381 g/mol. The highest BCUT2D eigenvalue weighted by Crippen LogP contribution is 2.26. The SMILES string of the molecule is O=S(=O)(Nc1ccc(Br)c(Cl)c1)c1cnc(Cl)nc1. The average Bonchev–Trinajstić information content (AvgIpc) is 2.34. The van der Waals surface area contributed by atoms with Crippen LogP contribution >= 0.6 is 39.1 Å². The van der Waals surface area contributed by atoms with Gasteiger partial charge in [-0.25, -0.2) is 18.4 Å². The number of nitrogens with zero attached hydrogens (tertiary/aromatic N) is 2. The van der Waals surface area contributed by atoms with Crippen LogP contribution in [0, 0.1) is 0 Å². The van der Waals surface area contributed by atoms with E-state index in [0.717, 1.165) is 12.4 Å². The fraction of sp³-hybridized carbons (Fsp3) is 0. The van der Waals surface area contributed by atoms with Crippen LogP contribution in [0.4, 0.5) is 5.69 Å². The summed E-state index contributed by atoms with van der Waals surface area (Å²) in [6.45, 7) is 0. The van der Waals surface area contributed by atoms with E-state index in [9.17, 15) is 8.42 Å². The predicted molar refractivity (Wildman–Crippen MR) is 77.0 cm³/mol. The minimum absolute atomic E-state index is 0.0226. The first-order chi connectivity index (χ1) is 8.88. The molecular formula is C10H6BrCl2N3O2S. The molecular weight excluding hydrogens is 377 g/mol. The Labute approximate surface area is 128 Å². The molecule has 2 aromatic rings. The normalized spacial score (nSPS) is 11.3. The maximum absolute atomic E-state index is 12.0. The Morgan fingerprint density at radius 2 is 1.79 bits per heavy atom. The summed E-state index contributed by atoms with van der Waals surface area (Å²) in [7, 11) is -3.77. The zero-order valence-corrected chi connectivity index (χ0v) is 13.1. The minimum Gasteiger partial charge on any atom is -0.279 e. The second-order valence-electron chi connectivity index (χ2n) is 3.42. The summed E-state index contributed by atoms with van der Waals surface area (Å²) in [5.41, 5.74) is 0.336. The lowest BCUT2D eigenvalue weighted by Gasteiger charge is -2.08. The van der Waals surface area contributed by atoms with Crippen LogP contribution in [-0.2, 0) is 10.0 Å². The van der Waals surface area contributed by atoms with E-state index in [1.165, 1.54) is 6.07 Å². The van der Waals surface area contributed by atoms with Gasteiger partial charge < -0.3 is 0 Å². The fourth-order valence-electron chi connectivity index (χ4n) is 1.21. The van der Waals surface area contributed by atoms with Crippen LogP contribution in [-0.4, -0.2) is 18.4 Å². The second-order valence-corrected chi connectivity index (χ2v) is 6.70. The Morgan fingerprint density at radius 3 is 2.37 bits per heavy atom. The zero-order chi connectivity index (χ0) is 14.0. The molecule has 0 atom stereocenters. The summed E-state index contributed by atoms with van der Waals surface area (Å²) in [4.78, 5) is 7.15. The van der Waals surface area contributed by atoms with Crippen LogP contribution < -0.4 is 4.72 Å². The molecule has 0 saturated heterocycles. The predicted octanol–water partition coefficient (Wildman–Crippen LogP) is 3.35. The van der Waals surface area contributed by atoms with Crippen LogP contribution in [0.2, 0.25) is 10.3 Å². The van der Waals surface area contributed by atoms with E-state index in [2.05, 4.69) is 30.6 Å². The van der Waals surface area contributed by atoms with Crippen LogP contribution in [0.3, 0.4) is 0 Å². The molecule has 1 N–H and O–H groups in total. The van der Waals surface area contributed by atoms with E-state index in [0.29, 0.717) is 15.2 Å². The third-order valence-corrected chi connectivity index (χ3v) is 4.84. The highest BCUT2D eigenvalue weighted by Gasteiger charge is 2.15. The molecule has 0 aliphatic rings. The molecule has 0 spiro atoms. The first kappa shape index (κ1) is 14.5. The van der Waals surface area contributed by atoms with Crippen molar-refractivity contribution in [2.45, 2.75) is 4.90 Å². The number of benzene rings is 1. The summed E-state index contributed by atoms with van der Waals surface area (Å²) in [5, 5.41) is 0.373. The molecule has 0 aliphatic carbocycles. The van der Waals surface area contributed by atoms with Gasteiger partial charge in [0, 0.05) is 4.47 Å². The minimum atomic E-state index is -3.77. The largest absolute Gasteiger partial charge is 0.279 e. The van der Waals surface area contributed by atoms with Gasteiger partial charge in [0.1, 0.15) is 4.90 Å². The van der Waals surface area contributed by atoms with E-state index >= 15 is 0 Å². The summed E-state index contributed by atoms with van der Waals surface area (Å²) in [5.74, 6) is 0. The van der Waals surface area contributed by atoms with Gasteiger partial charge in [-0.2, -0.15) is 0 Å². The van der Waals surface area contributed by atoms with Crippen molar-refractivity contribution in [3.05, 3.63) is 45.4 Å². The van der Waals surface area contributed by atoms with Crippen molar-refractivity contribution in [2.75, 3.05) is 4.72 Å². The molecule has 0 aliphatic heterocycles. The molecule has 1 heterocycles. The molecule has 2 rings (SSSR count). The highest BCUT2D eigenvalue weighted by molar-refractivity contribution is 9.10. The topological polar surface area (TPSA) is 72.0 Å². The van der Waals surface area contributed by atoms with Gasteiger partial charge in [0.2, 0.25) is 5.28 Å². The first-order valence-corrected chi connectivity index (χ1v) is 7.87. The standard InChI is InChI=1S/C10H6BrCl2N3O2S/c11-8-2-1-6(3-9(8)12)16-19(17,18)7-4-14-10(13)15-5-7/h1-5,16H. The lowest BCUT2D eigenvalue weighted by molar-refractivity contribution is 0.600. The zero-order valence-electron chi connectivity index (χ0n) is 9.14. The van der Waals surface area contributed by atoms with E-state index in [1.807, 2.05) is 0 Å². The van der Waals surface area contributed by atoms with Gasteiger partial charge in [0.15, 0.2) is 0 Å². The molecule has 0 fully saturated rings. The molecule has 19 heavy (non-hydrogen) atoms. The maximum atomic E-state index is 12.0. The van der Waals surface area contributed by atoms with Gasteiger partial charge in [-0.05, 0) is 45.7 Å². The number of rotatable bonds is 3. The Bertz CT molecular complexity index is 707. The molecule has 1 aromatic heterocycles. The van der Waals surface area contributed by atoms with Gasteiger partial charge in [0.05, 0.1) is 23.1 Å². The fourth-order valence-corrected chi connectivity index (χ4v) is 2.68. The third kappa shape index (κ3) is 3.56. The van der Waals surface area contributed by atoms with Gasteiger partial charge >= 0.3 is 0 Å². The number of aromatic nitrogens is 2. The van der Waals surface area contributed by atoms with Crippen molar-refractivity contribution >= 4 is 54.8 Å². The van der Waals surface area contributed by atoms with Crippen molar-refractivity contribution < 1.29 is 8.42 Å². The number of anilines is 1. The Balaban J connectivity index is 2.30. The molecule has 1 aromatic carbocycles. The van der Waals surface area contributed by atoms with Crippen molar-refractivity contribution in [1.29, 1.82) is 0 Å². The Hall–Kier alpha value is -0.890. The van der Waals surface area contributed by atoms with Crippen LogP contribution in [0.25, 0.3) is 0 Å². The molecule has 0 saturated carbocycles. The lowest BCUT2D eigenvalue weighted by Crippen LogP contribution is -2.13. The van der Waals surface area contributed by atoms with E-state index in [4.69, 9.17) is 23.2 Å². The molecule has 0 unspecified atom stereocenters. The average molecular weight is 383 g/mol. The molecule has 0 amide bonds. The van der Waals surface area contributed by atoms with Crippen LogP contribution in [0.15, 0.2) is 40.0 Å².